The van der Waals surface area contributed by atoms with E-state index >= 15 is 0 Å². The van der Waals surface area contributed by atoms with Gasteiger partial charge in [-0.2, -0.15) is 0 Å². The summed E-state index contributed by atoms with van der Waals surface area (Å²) in [5.74, 6) is 0.588. The predicted octanol–water partition coefficient (Wildman–Crippen LogP) is 2.64. The number of rotatable bonds is 5. The summed E-state index contributed by atoms with van der Waals surface area (Å²) < 4.78 is 5.47. The van der Waals surface area contributed by atoms with E-state index in [9.17, 15) is 0 Å². The molecule has 2 aromatic heterocycles. The minimum Gasteiger partial charge on any atom is -0.407 e. The average molecular weight is 266 g/mol. The van der Waals surface area contributed by atoms with Crippen LogP contribution in [0.25, 0.3) is 0 Å². The summed E-state index contributed by atoms with van der Waals surface area (Å²) in [6, 6.07) is 2.83. The largest absolute Gasteiger partial charge is 0.407 e. The molecule has 2 rings (SSSR count). The fourth-order valence-corrected chi connectivity index (χ4v) is 2.90. The van der Waals surface area contributed by atoms with Crippen LogP contribution in [0.3, 0.4) is 0 Å². The molecule has 0 aromatic carbocycles. The van der Waals surface area contributed by atoms with Gasteiger partial charge in [-0.1, -0.05) is 5.10 Å². The molecular weight excluding hydrogens is 248 g/mol. The summed E-state index contributed by atoms with van der Waals surface area (Å²) in [7, 11) is 1.84. The van der Waals surface area contributed by atoms with E-state index < -0.39 is 0 Å². The highest BCUT2D eigenvalue weighted by molar-refractivity contribution is 7.12. The third kappa shape index (κ3) is 2.88. The molecule has 98 valence electrons. The van der Waals surface area contributed by atoms with Gasteiger partial charge >= 0.3 is 6.01 Å². The Bertz CT molecular complexity index is 520. The highest BCUT2D eigenvalue weighted by Gasteiger charge is 2.14. The monoisotopic (exact) mass is 266 g/mol. The smallest absolute Gasteiger partial charge is 0.315 e. The van der Waals surface area contributed by atoms with Crippen LogP contribution in [0.2, 0.25) is 0 Å². The van der Waals surface area contributed by atoms with E-state index in [0.717, 1.165) is 0 Å². The molecule has 0 saturated heterocycles. The van der Waals surface area contributed by atoms with Gasteiger partial charge in [0.2, 0.25) is 5.89 Å². The second-order valence-electron chi connectivity index (χ2n) is 4.27. The molecule has 0 aliphatic rings. The Kier molecular flexibility index (Phi) is 3.98. The van der Waals surface area contributed by atoms with Gasteiger partial charge in [0.15, 0.2) is 0 Å². The molecule has 0 bridgehead atoms. The summed E-state index contributed by atoms with van der Waals surface area (Å²) in [4.78, 5) is 2.64. The maximum Gasteiger partial charge on any atom is 0.315 e. The minimum atomic E-state index is 0.165. The van der Waals surface area contributed by atoms with Crippen molar-refractivity contribution in [2.45, 2.75) is 33.4 Å². The van der Waals surface area contributed by atoms with Crippen LogP contribution in [0.1, 0.15) is 34.2 Å². The van der Waals surface area contributed by atoms with Crippen molar-refractivity contribution >= 4 is 17.4 Å². The summed E-state index contributed by atoms with van der Waals surface area (Å²) in [5.41, 5.74) is 1.28. The number of hydrogen-bond donors (Lipinski definition) is 2. The van der Waals surface area contributed by atoms with Gasteiger partial charge in [0, 0.05) is 9.75 Å². The zero-order chi connectivity index (χ0) is 13.1. The van der Waals surface area contributed by atoms with Crippen molar-refractivity contribution in [2.75, 3.05) is 12.4 Å². The molecule has 0 aliphatic heterocycles. The second-order valence-corrected chi connectivity index (χ2v) is 5.73. The number of aryl methyl sites for hydroxylation is 2. The van der Waals surface area contributed by atoms with Crippen molar-refractivity contribution in [1.29, 1.82) is 0 Å². The first-order valence-electron chi connectivity index (χ1n) is 5.90. The van der Waals surface area contributed by atoms with Crippen LogP contribution in [-0.2, 0) is 6.54 Å². The van der Waals surface area contributed by atoms with Crippen molar-refractivity contribution in [3.05, 3.63) is 27.3 Å². The second kappa shape index (κ2) is 5.49. The Labute approximate surface area is 111 Å². The molecule has 2 aromatic rings. The summed E-state index contributed by atoms with van der Waals surface area (Å²) in [5, 5.41) is 14.1. The van der Waals surface area contributed by atoms with Gasteiger partial charge in [0.1, 0.15) is 0 Å². The molecule has 0 aliphatic carbocycles. The first-order valence-corrected chi connectivity index (χ1v) is 6.72. The third-order valence-corrected chi connectivity index (χ3v) is 3.66. The van der Waals surface area contributed by atoms with Gasteiger partial charge in [0.25, 0.3) is 0 Å². The molecule has 2 heterocycles. The Hall–Kier alpha value is -1.40. The first kappa shape index (κ1) is 13.0. The lowest BCUT2D eigenvalue weighted by molar-refractivity contribution is 0.486. The van der Waals surface area contributed by atoms with Crippen molar-refractivity contribution in [2.24, 2.45) is 0 Å². The average Bonchev–Trinajstić information content (AvgIpc) is 2.86. The number of anilines is 1. The molecule has 5 nitrogen and oxygen atoms in total. The lowest BCUT2D eigenvalue weighted by Crippen LogP contribution is -2.07. The Balaban J connectivity index is 2.06. The molecule has 0 amide bonds. The molecule has 6 heteroatoms. The standard InChI is InChI=1S/C12H18N4OS/c1-7-5-10(9(3)18-7)8(2)14-12-16-15-11(17-12)6-13-4/h5,8,13H,6H2,1-4H3,(H,14,16). The van der Waals surface area contributed by atoms with E-state index in [1.165, 1.54) is 15.3 Å². The maximum atomic E-state index is 5.47. The van der Waals surface area contributed by atoms with Crippen LogP contribution >= 0.6 is 11.3 Å². The number of nitrogens with one attached hydrogen (secondary N) is 2. The van der Waals surface area contributed by atoms with E-state index in [0.29, 0.717) is 18.5 Å². The number of thiophene rings is 1. The molecule has 1 unspecified atom stereocenters. The van der Waals surface area contributed by atoms with Crippen LogP contribution in [0.4, 0.5) is 6.01 Å². The van der Waals surface area contributed by atoms with Crippen LogP contribution < -0.4 is 10.6 Å². The molecule has 18 heavy (non-hydrogen) atoms. The number of nitrogens with zero attached hydrogens (tertiary/aromatic N) is 2. The molecule has 0 saturated carbocycles. The van der Waals surface area contributed by atoms with E-state index in [4.69, 9.17) is 4.42 Å². The van der Waals surface area contributed by atoms with Crippen LogP contribution in [-0.4, -0.2) is 17.2 Å². The summed E-state index contributed by atoms with van der Waals surface area (Å²) in [6.07, 6.45) is 0. The van der Waals surface area contributed by atoms with Gasteiger partial charge < -0.3 is 15.1 Å². The topological polar surface area (TPSA) is 63.0 Å². The number of hydrogen-bond acceptors (Lipinski definition) is 6. The fraction of sp³-hybridized carbons (Fsp3) is 0.500. The highest BCUT2D eigenvalue weighted by Crippen LogP contribution is 2.28. The quantitative estimate of drug-likeness (QED) is 0.871. The van der Waals surface area contributed by atoms with E-state index in [2.05, 4.69) is 47.7 Å². The fourth-order valence-electron chi connectivity index (χ4n) is 1.88. The number of aromatic nitrogens is 2. The highest BCUT2D eigenvalue weighted by atomic mass is 32.1. The molecule has 0 spiro atoms. The van der Waals surface area contributed by atoms with Crippen LogP contribution in [0.15, 0.2) is 10.5 Å². The predicted molar refractivity (Wildman–Crippen MR) is 72.9 cm³/mol. The Morgan fingerprint density at radius 3 is 2.78 bits per heavy atom. The Morgan fingerprint density at radius 2 is 2.17 bits per heavy atom. The SMILES string of the molecule is CNCc1nnc(NC(C)c2cc(C)sc2C)o1. The maximum absolute atomic E-state index is 5.47. The van der Waals surface area contributed by atoms with Crippen LogP contribution in [0, 0.1) is 13.8 Å². The van der Waals surface area contributed by atoms with Crippen molar-refractivity contribution in [1.82, 2.24) is 15.5 Å². The van der Waals surface area contributed by atoms with Crippen molar-refractivity contribution < 1.29 is 4.42 Å². The van der Waals surface area contributed by atoms with Gasteiger partial charge in [0.05, 0.1) is 12.6 Å². The first-order chi connectivity index (χ1) is 8.60. The summed E-state index contributed by atoms with van der Waals surface area (Å²) in [6.45, 7) is 6.92. The van der Waals surface area contributed by atoms with Crippen molar-refractivity contribution in [3.63, 3.8) is 0 Å². The minimum absolute atomic E-state index is 0.165. The summed E-state index contributed by atoms with van der Waals surface area (Å²) >= 11 is 1.80. The third-order valence-electron chi connectivity index (χ3n) is 2.68. The van der Waals surface area contributed by atoms with E-state index in [-0.39, 0.29) is 6.04 Å². The molecule has 1 atom stereocenters. The van der Waals surface area contributed by atoms with E-state index in [1.54, 1.807) is 11.3 Å². The van der Waals surface area contributed by atoms with Gasteiger partial charge in [-0.15, -0.1) is 16.4 Å². The molecule has 0 fully saturated rings. The van der Waals surface area contributed by atoms with Crippen molar-refractivity contribution in [3.8, 4) is 0 Å². The molecule has 2 N–H and O–H groups in total. The van der Waals surface area contributed by atoms with Gasteiger partial charge in [-0.25, -0.2) is 0 Å². The zero-order valence-corrected chi connectivity index (χ0v) is 11.9. The zero-order valence-electron chi connectivity index (χ0n) is 11.1. The van der Waals surface area contributed by atoms with E-state index in [1.807, 2.05) is 7.05 Å². The lowest BCUT2D eigenvalue weighted by atomic mass is 10.1. The lowest BCUT2D eigenvalue weighted by Gasteiger charge is -2.11. The molecule has 0 radical (unpaired) electrons. The van der Waals surface area contributed by atoms with Crippen LogP contribution in [0.5, 0.6) is 0 Å². The Morgan fingerprint density at radius 1 is 1.39 bits per heavy atom. The molecular formula is C12H18N4OS. The normalized spacial score (nSPS) is 12.7. The van der Waals surface area contributed by atoms with Gasteiger partial charge in [-0.3, -0.25) is 0 Å². The van der Waals surface area contributed by atoms with Gasteiger partial charge in [-0.05, 0) is 39.4 Å².